The Hall–Kier alpha value is -4.20. The van der Waals surface area contributed by atoms with E-state index < -0.39 is 0 Å². The second-order valence-electron chi connectivity index (χ2n) is 7.11. The van der Waals surface area contributed by atoms with Crippen molar-refractivity contribution in [1.82, 2.24) is 30.4 Å². The summed E-state index contributed by atoms with van der Waals surface area (Å²) in [5, 5.41) is 8.59. The van der Waals surface area contributed by atoms with Gasteiger partial charge in [-0.25, -0.2) is 14.5 Å². The van der Waals surface area contributed by atoms with Crippen molar-refractivity contribution in [2.24, 2.45) is 0 Å². The van der Waals surface area contributed by atoms with Gasteiger partial charge in [-0.3, -0.25) is 14.9 Å². The molecule has 2 amide bonds. The summed E-state index contributed by atoms with van der Waals surface area (Å²) in [6.45, 7) is 2.77. The van der Waals surface area contributed by atoms with Crippen molar-refractivity contribution >= 4 is 6.03 Å². The fraction of sp³-hybridized carbons (Fsp3) is 0.130. The number of aromatic amines is 1. The second-order valence-corrected chi connectivity index (χ2v) is 7.11. The molecule has 8 nitrogen and oxygen atoms in total. The predicted octanol–water partition coefficient (Wildman–Crippen LogP) is 2.93. The fourth-order valence-corrected chi connectivity index (χ4v) is 3.09. The summed E-state index contributed by atoms with van der Waals surface area (Å²) in [5.74, 6) is 0.444. The Kier molecular flexibility index (Phi) is 5.89. The summed E-state index contributed by atoms with van der Waals surface area (Å²) in [6, 6.07) is 14.9. The molecule has 0 aliphatic carbocycles. The minimum Gasteiger partial charge on any atom is -0.334 e. The van der Waals surface area contributed by atoms with Gasteiger partial charge in [-0.15, -0.1) is 0 Å². The maximum Gasteiger partial charge on any atom is 0.315 e. The lowest BCUT2D eigenvalue weighted by atomic mass is 10.1. The number of pyridine rings is 2. The minimum absolute atomic E-state index is 0.221. The third-order valence-corrected chi connectivity index (χ3v) is 4.81. The fourth-order valence-electron chi connectivity index (χ4n) is 3.09. The monoisotopic (exact) mass is 414 g/mol. The third kappa shape index (κ3) is 4.87. The summed E-state index contributed by atoms with van der Waals surface area (Å²) >= 11 is 0. The molecule has 156 valence electrons. The predicted molar refractivity (Wildman–Crippen MR) is 118 cm³/mol. The van der Waals surface area contributed by atoms with Crippen LogP contribution in [0.15, 0.2) is 78.1 Å². The normalized spacial score (nSPS) is 10.6. The highest BCUT2D eigenvalue weighted by Crippen LogP contribution is 2.14. The van der Waals surface area contributed by atoms with Crippen molar-refractivity contribution in [3.8, 4) is 16.9 Å². The maximum absolute atomic E-state index is 12.8. The van der Waals surface area contributed by atoms with Crippen LogP contribution in [-0.4, -0.2) is 25.8 Å². The Labute approximate surface area is 179 Å². The molecule has 4 aromatic rings. The molecule has 3 aromatic heterocycles. The molecule has 4 rings (SSSR count). The highest BCUT2D eigenvalue weighted by atomic mass is 16.2. The number of nitrogens with one attached hydrogen (secondary N) is 3. The van der Waals surface area contributed by atoms with Gasteiger partial charge in [0.2, 0.25) is 0 Å². The molecule has 0 spiro atoms. The van der Waals surface area contributed by atoms with Crippen molar-refractivity contribution in [1.29, 1.82) is 0 Å². The zero-order valence-corrected chi connectivity index (χ0v) is 17.0. The van der Waals surface area contributed by atoms with Crippen molar-refractivity contribution in [3.05, 3.63) is 100 Å². The van der Waals surface area contributed by atoms with E-state index in [1.54, 1.807) is 43.0 Å². The van der Waals surface area contributed by atoms with Crippen LogP contribution in [0.1, 0.15) is 16.7 Å². The number of amides is 2. The van der Waals surface area contributed by atoms with Gasteiger partial charge in [-0.05, 0) is 36.2 Å². The van der Waals surface area contributed by atoms with Gasteiger partial charge in [0.1, 0.15) is 0 Å². The summed E-state index contributed by atoms with van der Waals surface area (Å²) in [6.07, 6.45) is 6.53. The van der Waals surface area contributed by atoms with Crippen LogP contribution in [0.5, 0.6) is 0 Å². The van der Waals surface area contributed by atoms with Crippen molar-refractivity contribution in [3.63, 3.8) is 0 Å². The molecule has 0 aliphatic heterocycles. The van der Waals surface area contributed by atoms with Crippen molar-refractivity contribution < 1.29 is 4.79 Å². The maximum atomic E-state index is 12.8. The smallest absolute Gasteiger partial charge is 0.315 e. The van der Waals surface area contributed by atoms with E-state index in [0.29, 0.717) is 24.5 Å². The Morgan fingerprint density at radius 2 is 1.81 bits per heavy atom. The topological polar surface area (TPSA) is 105 Å². The number of aromatic nitrogens is 4. The molecule has 8 heteroatoms. The number of benzene rings is 1. The van der Waals surface area contributed by atoms with Crippen LogP contribution in [-0.2, 0) is 13.1 Å². The van der Waals surface area contributed by atoms with Crippen LogP contribution < -0.4 is 16.2 Å². The quantitative estimate of drug-likeness (QED) is 0.451. The van der Waals surface area contributed by atoms with Gasteiger partial charge >= 0.3 is 6.03 Å². The van der Waals surface area contributed by atoms with Gasteiger partial charge < -0.3 is 10.6 Å². The molecule has 0 aliphatic rings. The zero-order chi connectivity index (χ0) is 21.6. The lowest BCUT2D eigenvalue weighted by Gasteiger charge is -2.09. The number of rotatable bonds is 6. The zero-order valence-electron chi connectivity index (χ0n) is 17.0. The Morgan fingerprint density at radius 3 is 2.55 bits per heavy atom. The Bertz CT molecular complexity index is 1230. The minimum atomic E-state index is -0.269. The highest BCUT2D eigenvalue weighted by molar-refractivity contribution is 5.73. The molecule has 0 bridgehead atoms. The number of nitrogens with zero attached hydrogens (tertiary/aromatic N) is 3. The van der Waals surface area contributed by atoms with Crippen LogP contribution in [0.2, 0.25) is 0 Å². The molecular weight excluding hydrogens is 392 g/mol. The number of urea groups is 1. The molecular formula is C23H22N6O2. The van der Waals surface area contributed by atoms with Crippen LogP contribution in [0.3, 0.4) is 0 Å². The van der Waals surface area contributed by atoms with E-state index in [4.69, 9.17) is 0 Å². The summed E-state index contributed by atoms with van der Waals surface area (Å²) in [7, 11) is 0. The Balaban J connectivity index is 1.40. The van der Waals surface area contributed by atoms with E-state index in [1.165, 1.54) is 10.2 Å². The molecule has 0 radical (unpaired) electrons. The average Bonchev–Trinajstić information content (AvgIpc) is 3.19. The molecule has 0 atom stereocenters. The number of carbonyl (C=O) groups is 1. The SMILES string of the molecule is Cc1ccc(CNC(=O)NCc2ccnc(-n3[nH]cc(-c4cccnc4)c3=O)c2)cc1. The van der Waals surface area contributed by atoms with E-state index in [2.05, 4.69) is 25.7 Å². The molecule has 31 heavy (non-hydrogen) atoms. The number of H-pyrrole nitrogens is 1. The van der Waals surface area contributed by atoms with Crippen LogP contribution >= 0.6 is 0 Å². The largest absolute Gasteiger partial charge is 0.334 e. The summed E-state index contributed by atoms with van der Waals surface area (Å²) in [5.41, 5.74) is 4.04. The lowest BCUT2D eigenvalue weighted by molar-refractivity contribution is 0.240. The number of hydrogen-bond donors (Lipinski definition) is 3. The molecule has 0 saturated carbocycles. The lowest BCUT2D eigenvalue weighted by Crippen LogP contribution is -2.34. The first-order valence-electron chi connectivity index (χ1n) is 9.83. The summed E-state index contributed by atoms with van der Waals surface area (Å²) < 4.78 is 1.36. The van der Waals surface area contributed by atoms with Gasteiger partial charge in [0.25, 0.3) is 5.56 Å². The number of hydrogen-bond acceptors (Lipinski definition) is 4. The molecule has 0 saturated heterocycles. The first-order valence-corrected chi connectivity index (χ1v) is 9.83. The first-order chi connectivity index (χ1) is 15.1. The standard InChI is InChI=1S/C23H22N6O2/c1-16-4-6-17(7-5-16)12-26-23(31)27-13-18-8-10-25-21(11-18)29-22(30)20(15-28-29)19-3-2-9-24-14-19/h2-11,14-15,28H,12-13H2,1H3,(H2,26,27,31). The van der Waals surface area contributed by atoms with E-state index in [0.717, 1.165) is 16.7 Å². The van der Waals surface area contributed by atoms with Crippen molar-refractivity contribution in [2.45, 2.75) is 20.0 Å². The third-order valence-electron chi connectivity index (χ3n) is 4.81. The Morgan fingerprint density at radius 1 is 1.03 bits per heavy atom. The van der Waals surface area contributed by atoms with Crippen LogP contribution in [0, 0.1) is 6.92 Å². The molecule has 0 fully saturated rings. The van der Waals surface area contributed by atoms with Crippen LogP contribution in [0.25, 0.3) is 16.9 Å². The van der Waals surface area contributed by atoms with Gasteiger partial charge in [0.05, 0.1) is 5.56 Å². The van der Waals surface area contributed by atoms with Crippen LogP contribution in [0.4, 0.5) is 4.79 Å². The van der Waals surface area contributed by atoms with E-state index in [-0.39, 0.29) is 11.6 Å². The second kappa shape index (κ2) is 9.08. The molecule has 0 unspecified atom stereocenters. The first kappa shape index (κ1) is 20.1. The van der Waals surface area contributed by atoms with E-state index in [9.17, 15) is 9.59 Å². The van der Waals surface area contributed by atoms with Gasteiger partial charge in [0.15, 0.2) is 5.82 Å². The van der Waals surface area contributed by atoms with Crippen molar-refractivity contribution in [2.75, 3.05) is 0 Å². The molecule has 3 N–H and O–H groups in total. The summed E-state index contributed by atoms with van der Waals surface area (Å²) in [4.78, 5) is 33.2. The van der Waals surface area contributed by atoms with Gasteiger partial charge in [0, 0.05) is 43.4 Å². The van der Waals surface area contributed by atoms with E-state index >= 15 is 0 Å². The molecule has 1 aromatic carbocycles. The number of aryl methyl sites for hydroxylation is 1. The van der Waals surface area contributed by atoms with E-state index in [1.807, 2.05) is 37.3 Å². The molecule has 3 heterocycles. The highest BCUT2D eigenvalue weighted by Gasteiger charge is 2.11. The average molecular weight is 414 g/mol. The van der Waals surface area contributed by atoms with Gasteiger partial charge in [-0.2, -0.15) is 0 Å². The van der Waals surface area contributed by atoms with Gasteiger partial charge in [-0.1, -0.05) is 35.9 Å². The number of carbonyl (C=O) groups excluding carboxylic acids is 1.